The highest BCUT2D eigenvalue weighted by Gasteiger charge is 2.07. The molecule has 0 amide bonds. The van der Waals surface area contributed by atoms with Gasteiger partial charge in [-0.25, -0.2) is 0 Å². The topological polar surface area (TPSA) is 29.3 Å². The fraction of sp³-hybridized carbons (Fsp3) is 0.125. The zero-order valence-corrected chi connectivity index (χ0v) is 16.5. The van der Waals surface area contributed by atoms with Crippen molar-refractivity contribution in [2.24, 2.45) is 5.10 Å². The van der Waals surface area contributed by atoms with Crippen LogP contribution in [0, 0.1) is 6.92 Å². The van der Waals surface area contributed by atoms with Crippen LogP contribution in [0.3, 0.4) is 0 Å². The van der Waals surface area contributed by atoms with Crippen LogP contribution in [0.5, 0.6) is 0 Å². The molecule has 0 unspecified atom stereocenters. The zero-order chi connectivity index (χ0) is 19.3. The molecule has 0 saturated carbocycles. The van der Waals surface area contributed by atoms with Crippen LogP contribution in [-0.4, -0.2) is 10.8 Å². The van der Waals surface area contributed by atoms with Gasteiger partial charge < -0.3 is 9.99 Å². The summed E-state index contributed by atoms with van der Waals surface area (Å²) in [6, 6.07) is 24.9. The molecule has 0 bridgehead atoms. The highest BCUT2D eigenvalue weighted by atomic mass is 35.5. The van der Waals surface area contributed by atoms with Gasteiger partial charge in [-0.2, -0.15) is 5.10 Å². The third-order valence-electron chi connectivity index (χ3n) is 4.82. The molecule has 140 valence electrons. The highest BCUT2D eigenvalue weighted by molar-refractivity contribution is 6.31. The number of fused-ring (bicyclic) bond motifs is 1. The second-order valence-corrected chi connectivity index (χ2v) is 7.31. The first-order valence-electron chi connectivity index (χ1n) is 9.33. The van der Waals surface area contributed by atoms with Crippen LogP contribution in [0.4, 0.5) is 0 Å². The number of halogens is 1. The van der Waals surface area contributed by atoms with Gasteiger partial charge in [0.25, 0.3) is 0 Å². The van der Waals surface area contributed by atoms with Crippen molar-refractivity contribution in [2.45, 2.75) is 20.0 Å². The number of nitrogens with zero attached hydrogens (tertiary/aromatic N) is 2. The highest BCUT2D eigenvalue weighted by Crippen LogP contribution is 2.21. The number of benzene rings is 3. The molecule has 0 aliphatic carbocycles. The molecule has 3 aromatic carbocycles. The Bertz CT molecular complexity index is 1110. The third kappa shape index (κ3) is 4.10. The first-order valence-corrected chi connectivity index (χ1v) is 9.71. The molecule has 0 aliphatic rings. The normalized spacial score (nSPS) is 11.4. The number of para-hydroxylation sites is 1. The molecule has 4 rings (SSSR count). The van der Waals surface area contributed by atoms with Crippen molar-refractivity contribution in [3.05, 3.63) is 106 Å². The predicted molar refractivity (Wildman–Crippen MR) is 118 cm³/mol. The summed E-state index contributed by atoms with van der Waals surface area (Å²) in [4.78, 5) is 0. The van der Waals surface area contributed by atoms with Crippen LogP contribution in [0.1, 0.15) is 22.3 Å². The van der Waals surface area contributed by atoms with Gasteiger partial charge in [0.15, 0.2) is 0 Å². The van der Waals surface area contributed by atoms with Crippen LogP contribution < -0.4 is 5.43 Å². The molecule has 0 aliphatic heterocycles. The van der Waals surface area contributed by atoms with Crippen LogP contribution in [0.15, 0.2) is 84.1 Å². The van der Waals surface area contributed by atoms with Crippen molar-refractivity contribution in [3.63, 3.8) is 0 Å². The van der Waals surface area contributed by atoms with E-state index < -0.39 is 0 Å². The molecule has 28 heavy (non-hydrogen) atoms. The zero-order valence-electron chi connectivity index (χ0n) is 15.8. The maximum atomic E-state index is 6.19. The number of aryl methyl sites for hydroxylation is 1. The maximum Gasteiger partial charge on any atom is 0.0594 e. The van der Waals surface area contributed by atoms with E-state index in [9.17, 15) is 0 Å². The van der Waals surface area contributed by atoms with Crippen LogP contribution in [0.25, 0.3) is 10.9 Å². The summed E-state index contributed by atoms with van der Waals surface area (Å²) < 4.78 is 2.27. The first kappa shape index (κ1) is 18.3. The van der Waals surface area contributed by atoms with Crippen molar-refractivity contribution in [3.8, 4) is 0 Å². The standard InChI is InChI=1S/C24H22ClN3/c1-18-10-12-19(13-11-18)16-28-17-21(22-7-3-5-9-24(22)28)15-27-26-14-20-6-2-4-8-23(20)25/h2-13,15,17,26H,14,16H2,1H3/b27-15-. The van der Waals surface area contributed by atoms with Crippen molar-refractivity contribution in [1.82, 2.24) is 9.99 Å². The van der Waals surface area contributed by atoms with Crippen LogP contribution in [-0.2, 0) is 13.1 Å². The number of hydrogen-bond acceptors (Lipinski definition) is 2. The Hall–Kier alpha value is -3.04. The van der Waals surface area contributed by atoms with E-state index in [-0.39, 0.29) is 0 Å². The Balaban J connectivity index is 1.54. The molecule has 0 radical (unpaired) electrons. The number of rotatable bonds is 6. The molecular formula is C24H22ClN3. The summed E-state index contributed by atoms with van der Waals surface area (Å²) in [6.45, 7) is 3.54. The van der Waals surface area contributed by atoms with Gasteiger partial charge in [-0.05, 0) is 30.2 Å². The number of hydrogen-bond donors (Lipinski definition) is 1. The summed E-state index contributed by atoms with van der Waals surface area (Å²) in [5, 5.41) is 6.36. The molecule has 0 saturated heterocycles. The van der Waals surface area contributed by atoms with Gasteiger partial charge in [-0.3, -0.25) is 0 Å². The van der Waals surface area contributed by atoms with E-state index in [0.29, 0.717) is 6.54 Å². The summed E-state index contributed by atoms with van der Waals surface area (Å²) in [7, 11) is 0. The van der Waals surface area contributed by atoms with E-state index in [4.69, 9.17) is 11.6 Å². The van der Waals surface area contributed by atoms with E-state index in [1.165, 1.54) is 22.0 Å². The monoisotopic (exact) mass is 387 g/mol. The summed E-state index contributed by atoms with van der Waals surface area (Å²) in [5.41, 5.74) is 8.98. The molecule has 0 atom stereocenters. The van der Waals surface area contributed by atoms with Gasteiger partial charge in [-0.1, -0.05) is 77.8 Å². The smallest absolute Gasteiger partial charge is 0.0594 e. The average molecular weight is 388 g/mol. The molecule has 4 aromatic rings. The molecule has 1 N–H and O–H groups in total. The largest absolute Gasteiger partial charge is 0.342 e. The Labute approximate surface area is 170 Å². The minimum atomic E-state index is 0.595. The van der Waals surface area contributed by atoms with Crippen LogP contribution >= 0.6 is 11.6 Å². The van der Waals surface area contributed by atoms with Crippen molar-refractivity contribution in [1.29, 1.82) is 0 Å². The second kappa shape index (κ2) is 8.32. The predicted octanol–water partition coefficient (Wildman–Crippen LogP) is 5.78. The fourth-order valence-corrected chi connectivity index (χ4v) is 3.49. The molecule has 3 nitrogen and oxygen atoms in total. The molecule has 0 spiro atoms. The Morgan fingerprint density at radius 2 is 1.71 bits per heavy atom. The number of nitrogens with one attached hydrogen (secondary N) is 1. The average Bonchev–Trinajstić information content (AvgIpc) is 3.06. The van der Waals surface area contributed by atoms with E-state index in [2.05, 4.69) is 76.7 Å². The van der Waals surface area contributed by atoms with E-state index >= 15 is 0 Å². The Kier molecular flexibility index (Phi) is 5.45. The lowest BCUT2D eigenvalue weighted by Gasteiger charge is -2.06. The fourth-order valence-electron chi connectivity index (χ4n) is 3.29. The van der Waals surface area contributed by atoms with Gasteiger partial charge in [0.05, 0.1) is 12.8 Å². The lowest BCUT2D eigenvalue weighted by atomic mass is 10.1. The van der Waals surface area contributed by atoms with E-state index in [1.54, 1.807) is 0 Å². The maximum absolute atomic E-state index is 6.19. The van der Waals surface area contributed by atoms with Gasteiger partial charge in [-0.15, -0.1) is 0 Å². The number of hydrazone groups is 1. The Morgan fingerprint density at radius 1 is 0.964 bits per heavy atom. The van der Waals surface area contributed by atoms with Gasteiger partial charge >= 0.3 is 0 Å². The third-order valence-corrected chi connectivity index (χ3v) is 5.18. The first-order chi connectivity index (χ1) is 13.7. The minimum Gasteiger partial charge on any atom is -0.342 e. The van der Waals surface area contributed by atoms with Gasteiger partial charge in [0.1, 0.15) is 0 Å². The molecule has 4 heteroatoms. The van der Waals surface area contributed by atoms with E-state index in [1.807, 2.05) is 30.5 Å². The summed E-state index contributed by atoms with van der Waals surface area (Å²) in [6.07, 6.45) is 4.04. The number of aromatic nitrogens is 1. The molecule has 0 fully saturated rings. The van der Waals surface area contributed by atoms with Gasteiger partial charge in [0, 0.05) is 34.2 Å². The van der Waals surface area contributed by atoms with Crippen molar-refractivity contribution < 1.29 is 0 Å². The SMILES string of the molecule is Cc1ccc(Cn2cc(/C=N\NCc3ccccc3Cl)c3ccccc32)cc1. The molecular weight excluding hydrogens is 366 g/mol. The van der Waals surface area contributed by atoms with Gasteiger partial charge in [0.2, 0.25) is 0 Å². The summed E-state index contributed by atoms with van der Waals surface area (Å²) in [5.74, 6) is 0. The minimum absolute atomic E-state index is 0.595. The second-order valence-electron chi connectivity index (χ2n) is 6.90. The molecule has 1 aromatic heterocycles. The lowest BCUT2D eigenvalue weighted by Crippen LogP contribution is -2.05. The van der Waals surface area contributed by atoms with Crippen molar-refractivity contribution >= 4 is 28.7 Å². The van der Waals surface area contributed by atoms with Crippen molar-refractivity contribution in [2.75, 3.05) is 0 Å². The molecule has 1 heterocycles. The Morgan fingerprint density at radius 3 is 2.54 bits per heavy atom. The lowest BCUT2D eigenvalue weighted by molar-refractivity contribution is 0.748. The summed E-state index contributed by atoms with van der Waals surface area (Å²) >= 11 is 6.19. The van der Waals surface area contributed by atoms with Crippen LogP contribution in [0.2, 0.25) is 5.02 Å². The van der Waals surface area contributed by atoms with E-state index in [0.717, 1.165) is 22.7 Å². The quantitative estimate of drug-likeness (QED) is 0.330.